The van der Waals surface area contributed by atoms with Crippen molar-refractivity contribution in [2.45, 2.75) is 32.6 Å². The Morgan fingerprint density at radius 3 is 2.76 bits per heavy atom. The molecule has 2 N–H and O–H groups in total. The summed E-state index contributed by atoms with van der Waals surface area (Å²) in [7, 11) is 0. The van der Waals surface area contributed by atoms with Crippen LogP contribution in [0.3, 0.4) is 0 Å². The number of hydrogen-bond acceptors (Lipinski definition) is 2. The normalized spacial score (nSPS) is 25.7. The average Bonchev–Trinajstić information content (AvgIpc) is 3.07. The van der Waals surface area contributed by atoms with Crippen LogP contribution in [-0.4, -0.2) is 17.6 Å². The number of aliphatic hydroxyl groups is 1. The molecule has 1 aromatic rings. The van der Waals surface area contributed by atoms with Gasteiger partial charge in [-0.1, -0.05) is 11.8 Å². The van der Waals surface area contributed by atoms with Crippen LogP contribution in [0.4, 0.5) is 5.69 Å². The molecule has 0 radical (unpaired) electrons. The monoisotopic (exact) mass is 283 g/mol. The first-order valence-corrected chi connectivity index (χ1v) is 7.68. The quantitative estimate of drug-likeness (QED) is 0.838. The number of aliphatic hydroxyl groups excluding tert-OH is 1. The fourth-order valence-corrected chi connectivity index (χ4v) is 3.27. The Balaban J connectivity index is 1.62. The van der Waals surface area contributed by atoms with Crippen molar-refractivity contribution in [1.82, 2.24) is 0 Å². The van der Waals surface area contributed by atoms with Gasteiger partial charge < -0.3 is 10.4 Å². The summed E-state index contributed by atoms with van der Waals surface area (Å²) in [5, 5.41) is 11.8. The van der Waals surface area contributed by atoms with E-state index in [1.54, 1.807) is 0 Å². The second kappa shape index (κ2) is 5.91. The highest BCUT2D eigenvalue weighted by Gasteiger charge is 2.47. The van der Waals surface area contributed by atoms with E-state index >= 15 is 0 Å². The van der Waals surface area contributed by atoms with E-state index in [1.807, 2.05) is 25.1 Å². The van der Waals surface area contributed by atoms with Gasteiger partial charge in [0.15, 0.2) is 0 Å². The molecule has 2 unspecified atom stereocenters. The molecule has 0 aliphatic heterocycles. The Morgan fingerprint density at radius 2 is 2.10 bits per heavy atom. The first-order chi connectivity index (χ1) is 10.2. The van der Waals surface area contributed by atoms with E-state index in [0.29, 0.717) is 6.42 Å². The highest BCUT2D eigenvalue weighted by Crippen LogP contribution is 2.54. The second-order valence-electron chi connectivity index (χ2n) is 6.22. The molecule has 0 bridgehead atoms. The van der Waals surface area contributed by atoms with Crippen LogP contribution >= 0.6 is 0 Å². The molecule has 0 aromatic heterocycles. The molecule has 0 spiro atoms. The van der Waals surface area contributed by atoms with Crippen LogP contribution in [0.2, 0.25) is 0 Å². The minimum atomic E-state index is 0.0869. The van der Waals surface area contributed by atoms with Crippen molar-refractivity contribution in [2.24, 2.45) is 17.8 Å². The number of rotatable bonds is 3. The Hall–Kier alpha value is -1.79. The van der Waals surface area contributed by atoms with E-state index in [-0.39, 0.29) is 18.4 Å². The van der Waals surface area contributed by atoms with Gasteiger partial charge in [0.1, 0.15) is 0 Å². The summed E-state index contributed by atoms with van der Waals surface area (Å²) in [6.07, 6.45) is 3.96. The standard InChI is InChI=1S/C18H21NO2/c1-12-8-17(6-5-13(12)4-2-3-7-20)19-18(21)16-10-14-9-15(14)11-16/h5-6,8,14-16,20H,3,7,9-11H2,1H3,(H,19,21). The molecule has 2 aliphatic rings. The van der Waals surface area contributed by atoms with Crippen molar-refractivity contribution in [2.75, 3.05) is 11.9 Å². The Morgan fingerprint density at radius 1 is 1.33 bits per heavy atom. The lowest BCUT2D eigenvalue weighted by Gasteiger charge is -2.13. The van der Waals surface area contributed by atoms with Crippen molar-refractivity contribution < 1.29 is 9.90 Å². The lowest BCUT2D eigenvalue weighted by molar-refractivity contribution is -0.120. The second-order valence-corrected chi connectivity index (χ2v) is 6.22. The topological polar surface area (TPSA) is 49.3 Å². The Kier molecular flexibility index (Phi) is 3.98. The maximum absolute atomic E-state index is 12.2. The predicted molar refractivity (Wildman–Crippen MR) is 82.7 cm³/mol. The van der Waals surface area contributed by atoms with E-state index in [4.69, 9.17) is 5.11 Å². The van der Waals surface area contributed by atoms with Gasteiger partial charge in [-0.25, -0.2) is 0 Å². The van der Waals surface area contributed by atoms with Gasteiger partial charge in [-0.2, -0.15) is 0 Å². The lowest BCUT2D eigenvalue weighted by atomic mass is 10.0. The number of hydrogen-bond donors (Lipinski definition) is 2. The number of fused-ring (bicyclic) bond motifs is 1. The number of benzene rings is 1. The molecule has 2 atom stereocenters. The van der Waals surface area contributed by atoms with Crippen molar-refractivity contribution in [3.8, 4) is 11.8 Å². The highest BCUT2D eigenvalue weighted by molar-refractivity contribution is 5.93. The van der Waals surface area contributed by atoms with E-state index < -0.39 is 0 Å². The smallest absolute Gasteiger partial charge is 0.227 e. The maximum atomic E-state index is 12.2. The van der Waals surface area contributed by atoms with Crippen LogP contribution < -0.4 is 5.32 Å². The summed E-state index contributed by atoms with van der Waals surface area (Å²) in [5.41, 5.74) is 2.85. The molecular weight excluding hydrogens is 262 g/mol. The summed E-state index contributed by atoms with van der Waals surface area (Å²) in [6.45, 7) is 2.08. The SMILES string of the molecule is Cc1cc(NC(=O)C2CC3CC3C2)ccc1C#CCCO. The van der Waals surface area contributed by atoms with E-state index in [9.17, 15) is 4.79 Å². The zero-order valence-electron chi connectivity index (χ0n) is 12.4. The first-order valence-electron chi connectivity index (χ1n) is 7.68. The van der Waals surface area contributed by atoms with Gasteiger partial charge in [0.05, 0.1) is 6.61 Å². The third-order valence-corrected chi connectivity index (χ3v) is 4.57. The number of anilines is 1. The number of nitrogens with one attached hydrogen (secondary N) is 1. The molecule has 3 nitrogen and oxygen atoms in total. The zero-order valence-corrected chi connectivity index (χ0v) is 12.4. The molecule has 1 amide bonds. The van der Waals surface area contributed by atoms with E-state index in [0.717, 1.165) is 41.5 Å². The molecule has 0 saturated heterocycles. The van der Waals surface area contributed by atoms with Crippen LogP contribution in [0.25, 0.3) is 0 Å². The van der Waals surface area contributed by atoms with Gasteiger partial charge in [0.2, 0.25) is 5.91 Å². The van der Waals surface area contributed by atoms with Crippen molar-refractivity contribution in [3.05, 3.63) is 29.3 Å². The number of carbonyl (C=O) groups excluding carboxylic acids is 1. The highest BCUT2D eigenvalue weighted by atomic mass is 16.2. The van der Waals surface area contributed by atoms with Gasteiger partial charge in [0, 0.05) is 23.6 Å². The third-order valence-electron chi connectivity index (χ3n) is 4.57. The summed E-state index contributed by atoms with van der Waals surface area (Å²) in [5.74, 6) is 7.98. The van der Waals surface area contributed by atoms with Gasteiger partial charge >= 0.3 is 0 Å². The summed E-state index contributed by atoms with van der Waals surface area (Å²) >= 11 is 0. The third kappa shape index (κ3) is 3.28. The molecule has 3 heteroatoms. The van der Waals surface area contributed by atoms with Gasteiger partial charge in [-0.3, -0.25) is 4.79 Å². The van der Waals surface area contributed by atoms with Crippen molar-refractivity contribution >= 4 is 11.6 Å². The number of carbonyl (C=O) groups is 1. The van der Waals surface area contributed by atoms with Crippen LogP contribution in [0, 0.1) is 36.5 Å². The molecular formula is C18H21NO2. The first kappa shape index (κ1) is 14.2. The fourth-order valence-electron chi connectivity index (χ4n) is 3.27. The Bertz CT molecular complexity index is 601. The predicted octanol–water partition coefficient (Wildman–Crippen LogP) is 2.71. The zero-order chi connectivity index (χ0) is 14.8. The van der Waals surface area contributed by atoms with Crippen molar-refractivity contribution in [1.29, 1.82) is 0 Å². The van der Waals surface area contributed by atoms with Crippen LogP contribution in [0.1, 0.15) is 36.8 Å². The number of amides is 1. The van der Waals surface area contributed by atoms with Crippen LogP contribution in [0.5, 0.6) is 0 Å². The van der Waals surface area contributed by atoms with Crippen LogP contribution in [0.15, 0.2) is 18.2 Å². The molecule has 1 aromatic carbocycles. The molecule has 2 saturated carbocycles. The number of aryl methyl sites for hydroxylation is 1. The van der Waals surface area contributed by atoms with E-state index in [2.05, 4.69) is 17.2 Å². The minimum Gasteiger partial charge on any atom is -0.395 e. The maximum Gasteiger partial charge on any atom is 0.227 e. The molecule has 0 heterocycles. The van der Waals surface area contributed by atoms with Gasteiger partial charge in [-0.15, -0.1) is 0 Å². The Labute approximate surface area is 125 Å². The largest absolute Gasteiger partial charge is 0.395 e. The van der Waals surface area contributed by atoms with E-state index in [1.165, 1.54) is 6.42 Å². The average molecular weight is 283 g/mol. The van der Waals surface area contributed by atoms with Gasteiger partial charge in [0.25, 0.3) is 0 Å². The summed E-state index contributed by atoms with van der Waals surface area (Å²) in [4.78, 5) is 12.2. The molecule has 110 valence electrons. The molecule has 3 rings (SSSR count). The fraction of sp³-hybridized carbons (Fsp3) is 0.500. The molecule has 2 aliphatic carbocycles. The van der Waals surface area contributed by atoms with Crippen LogP contribution in [-0.2, 0) is 4.79 Å². The summed E-state index contributed by atoms with van der Waals surface area (Å²) < 4.78 is 0. The minimum absolute atomic E-state index is 0.0869. The van der Waals surface area contributed by atoms with Crippen molar-refractivity contribution in [3.63, 3.8) is 0 Å². The lowest BCUT2D eigenvalue weighted by Crippen LogP contribution is -2.21. The van der Waals surface area contributed by atoms with Gasteiger partial charge in [-0.05, 0) is 61.8 Å². The summed E-state index contributed by atoms with van der Waals surface area (Å²) in [6, 6.07) is 5.81. The molecule has 2 fully saturated rings. The molecule has 21 heavy (non-hydrogen) atoms.